The summed E-state index contributed by atoms with van der Waals surface area (Å²) in [5, 5.41) is 12.4. The molecular weight excluding hydrogens is 531 g/mol. The number of hydrogen-bond donors (Lipinski definition) is 3. The van der Waals surface area contributed by atoms with Gasteiger partial charge in [-0.3, -0.25) is 33.1 Å². The van der Waals surface area contributed by atoms with Crippen molar-refractivity contribution in [2.45, 2.75) is 24.8 Å². The molecule has 17 heteroatoms. The van der Waals surface area contributed by atoms with Gasteiger partial charge in [0.15, 0.2) is 11.8 Å². The maximum atomic E-state index is 13.6. The van der Waals surface area contributed by atoms with Crippen molar-refractivity contribution >= 4 is 37.2 Å². The fourth-order valence-electron chi connectivity index (χ4n) is 3.21. The second-order valence-electron chi connectivity index (χ2n) is 7.58. The van der Waals surface area contributed by atoms with Crippen molar-refractivity contribution in [3.05, 3.63) is 42.4 Å². The van der Waals surface area contributed by atoms with E-state index in [0.29, 0.717) is 4.57 Å². The summed E-state index contributed by atoms with van der Waals surface area (Å²) in [6.45, 7) is -0.831. The van der Waals surface area contributed by atoms with Gasteiger partial charge in [-0.25, -0.2) is 9.55 Å². The number of methoxy groups -OCH3 is 2. The average molecular weight is 554 g/mol. The maximum absolute atomic E-state index is 13.6. The van der Waals surface area contributed by atoms with Crippen LogP contribution in [0.2, 0.25) is 0 Å². The molecule has 0 bridgehead atoms. The average Bonchev–Trinajstić information content (AvgIpc) is 3.41. The van der Waals surface area contributed by atoms with Crippen molar-refractivity contribution < 1.29 is 56.9 Å². The molecule has 1 aliphatic heterocycles. The Morgan fingerprint density at radius 1 is 1.18 bits per heavy atom. The predicted molar refractivity (Wildman–Crippen MR) is 123 cm³/mol. The Kier molecular flexibility index (Phi) is 8.96. The van der Waals surface area contributed by atoms with Crippen LogP contribution in [0.3, 0.4) is 0 Å². The maximum Gasteiger partial charge on any atom is 0.459 e. The highest BCUT2D eigenvalue weighted by molar-refractivity contribution is 7.52. The third kappa shape index (κ3) is 6.41. The van der Waals surface area contributed by atoms with Crippen LogP contribution >= 0.6 is 7.75 Å². The van der Waals surface area contributed by atoms with Gasteiger partial charge in [-0.15, -0.1) is 0 Å². The number of carbonyl (C=O) groups is 5. The minimum atomic E-state index is -4.57. The molecule has 3 rings (SSSR count). The highest BCUT2D eigenvalue weighted by Crippen LogP contribution is 2.46. The number of imidazole rings is 1. The molecule has 2 aromatic rings. The van der Waals surface area contributed by atoms with Crippen LogP contribution in [-0.2, 0) is 42.5 Å². The fourth-order valence-corrected chi connectivity index (χ4v) is 4.70. The lowest BCUT2D eigenvalue weighted by Crippen LogP contribution is -2.39. The number of ether oxygens (including phenoxy) is 3. The summed E-state index contributed by atoms with van der Waals surface area (Å²) in [5.41, 5.74) is 4.53. The van der Waals surface area contributed by atoms with Gasteiger partial charge in [0.25, 0.3) is 11.7 Å². The van der Waals surface area contributed by atoms with E-state index in [1.807, 2.05) is 0 Å². The van der Waals surface area contributed by atoms with Crippen LogP contribution in [0.15, 0.2) is 36.7 Å². The molecule has 0 saturated carbocycles. The molecule has 1 aliphatic rings. The predicted octanol–water partition coefficient (Wildman–Crippen LogP) is -0.379. The lowest BCUT2D eigenvalue weighted by molar-refractivity contribution is -0.149. The quantitative estimate of drug-likeness (QED) is 0.173. The third-order valence-corrected chi connectivity index (χ3v) is 6.64. The zero-order chi connectivity index (χ0) is 28.0. The standard InChI is InChI=1S/C21H23N4O12P/c1-33-14(26)8-12(21(31)34-2)24-38(32,37-11-6-4-3-5-7-11)35-9-13-16(27)17(28)20(36-13)25-10-23-15(18(22)29)19(25)30/h3-7,10,12-13,20,30H,8-9H2,1-2H3,(H2,22,29)(H,24,32)/t12-,13+,20+,38?/m0/s1. The van der Waals surface area contributed by atoms with Crippen LogP contribution < -0.4 is 15.3 Å². The van der Waals surface area contributed by atoms with Crippen LogP contribution in [0.4, 0.5) is 0 Å². The van der Waals surface area contributed by atoms with Crippen LogP contribution in [0.1, 0.15) is 23.1 Å². The van der Waals surface area contributed by atoms with E-state index in [2.05, 4.69) is 19.5 Å². The van der Waals surface area contributed by atoms with E-state index in [0.717, 1.165) is 20.5 Å². The molecule has 1 fully saturated rings. The molecule has 1 saturated heterocycles. The SMILES string of the molecule is COC(=O)C[C@H](NP(=O)(OC[C@H]1O[C@@H](n2cnc(C(N)=O)c2O)C(=O)C1=O)Oc1ccccc1)C(=O)OC. The second kappa shape index (κ2) is 12.0. The summed E-state index contributed by atoms with van der Waals surface area (Å²) in [4.78, 5) is 63.9. The number of rotatable bonds is 12. The topological polar surface area (TPSA) is 225 Å². The molecule has 0 spiro atoms. The number of esters is 2. The minimum Gasteiger partial charge on any atom is -0.493 e. The van der Waals surface area contributed by atoms with Crippen LogP contribution in [0.25, 0.3) is 0 Å². The molecule has 204 valence electrons. The van der Waals surface area contributed by atoms with Gasteiger partial charge in [0.2, 0.25) is 17.9 Å². The largest absolute Gasteiger partial charge is 0.493 e. The van der Waals surface area contributed by atoms with Gasteiger partial charge in [0.05, 0.1) is 27.2 Å². The first-order valence-corrected chi connectivity index (χ1v) is 12.2. The van der Waals surface area contributed by atoms with Gasteiger partial charge in [0.1, 0.15) is 18.1 Å². The van der Waals surface area contributed by atoms with E-state index in [4.69, 9.17) is 19.5 Å². The monoisotopic (exact) mass is 554 g/mol. The summed E-state index contributed by atoms with van der Waals surface area (Å²) < 4.78 is 39.6. The van der Waals surface area contributed by atoms with Crippen LogP contribution in [0, 0.1) is 0 Å². The van der Waals surface area contributed by atoms with Crippen LogP contribution in [0.5, 0.6) is 11.6 Å². The molecule has 0 radical (unpaired) electrons. The number of nitrogens with one attached hydrogen (secondary N) is 1. The fraction of sp³-hybridized carbons (Fsp3) is 0.333. The zero-order valence-corrected chi connectivity index (χ0v) is 20.9. The number of nitrogens with two attached hydrogens (primary N) is 1. The van der Waals surface area contributed by atoms with E-state index in [1.54, 1.807) is 18.2 Å². The van der Waals surface area contributed by atoms with Gasteiger partial charge in [0, 0.05) is 0 Å². The molecule has 1 unspecified atom stereocenters. The van der Waals surface area contributed by atoms with E-state index in [1.165, 1.54) is 12.1 Å². The first-order chi connectivity index (χ1) is 18.0. The molecule has 4 atom stereocenters. The highest BCUT2D eigenvalue weighted by atomic mass is 31.2. The number of aromatic nitrogens is 2. The smallest absolute Gasteiger partial charge is 0.459 e. The number of para-hydroxylation sites is 1. The summed E-state index contributed by atoms with van der Waals surface area (Å²) in [5.74, 6) is -5.97. The number of ketones is 2. The summed E-state index contributed by atoms with van der Waals surface area (Å²) in [6, 6.07) is 6.03. The third-order valence-electron chi connectivity index (χ3n) is 5.07. The molecule has 1 aromatic carbocycles. The molecule has 1 amide bonds. The Labute approximate surface area is 214 Å². The Bertz CT molecular complexity index is 1280. The van der Waals surface area contributed by atoms with E-state index >= 15 is 0 Å². The second-order valence-corrected chi connectivity index (χ2v) is 9.27. The first kappa shape index (κ1) is 28.5. The van der Waals surface area contributed by atoms with Crippen molar-refractivity contribution in [2.24, 2.45) is 5.73 Å². The number of nitrogens with zero attached hydrogens (tertiary/aromatic N) is 2. The van der Waals surface area contributed by atoms with Crippen molar-refractivity contribution in [1.82, 2.24) is 14.6 Å². The van der Waals surface area contributed by atoms with Crippen molar-refractivity contribution in [2.75, 3.05) is 20.8 Å². The van der Waals surface area contributed by atoms with E-state index in [-0.39, 0.29) is 5.75 Å². The zero-order valence-electron chi connectivity index (χ0n) is 20.0. The van der Waals surface area contributed by atoms with Gasteiger partial charge in [-0.1, -0.05) is 18.2 Å². The van der Waals surface area contributed by atoms with Crippen molar-refractivity contribution in [1.29, 1.82) is 0 Å². The Morgan fingerprint density at radius 2 is 1.87 bits per heavy atom. The first-order valence-electron chi connectivity index (χ1n) is 10.7. The van der Waals surface area contributed by atoms with Gasteiger partial charge in [-0.05, 0) is 12.1 Å². The van der Waals surface area contributed by atoms with Crippen molar-refractivity contribution in [3.8, 4) is 11.6 Å². The molecule has 2 heterocycles. The molecule has 38 heavy (non-hydrogen) atoms. The number of benzene rings is 1. The van der Waals surface area contributed by atoms with Crippen LogP contribution in [-0.4, -0.2) is 77.0 Å². The molecule has 4 N–H and O–H groups in total. The van der Waals surface area contributed by atoms with Gasteiger partial charge < -0.3 is 29.6 Å². The summed E-state index contributed by atoms with van der Waals surface area (Å²) >= 11 is 0. The number of amides is 1. The lowest BCUT2D eigenvalue weighted by Gasteiger charge is -2.24. The Morgan fingerprint density at radius 3 is 2.45 bits per heavy atom. The van der Waals surface area contributed by atoms with E-state index in [9.17, 15) is 33.6 Å². The minimum absolute atomic E-state index is 0.0277. The number of Topliss-reactive ketones (excluding diaryl/α,β-unsaturated/α-hetero) is 2. The highest BCUT2D eigenvalue weighted by Gasteiger charge is 2.46. The Balaban J connectivity index is 1.82. The lowest BCUT2D eigenvalue weighted by atomic mass is 10.2. The molecule has 0 aliphatic carbocycles. The molecule has 1 aromatic heterocycles. The van der Waals surface area contributed by atoms with Crippen molar-refractivity contribution in [3.63, 3.8) is 0 Å². The number of carbonyl (C=O) groups excluding carboxylic acids is 5. The molecule has 16 nitrogen and oxygen atoms in total. The number of hydrogen-bond acceptors (Lipinski definition) is 13. The number of primary amides is 1. The number of aromatic hydroxyl groups is 1. The molecular formula is C21H23N4O12P. The summed E-state index contributed by atoms with van der Waals surface area (Å²) in [6.07, 6.45) is -3.11. The summed E-state index contributed by atoms with van der Waals surface area (Å²) in [7, 11) is -2.46. The van der Waals surface area contributed by atoms with Gasteiger partial charge >= 0.3 is 19.7 Å². The Hall–Kier alpha value is -4.11. The van der Waals surface area contributed by atoms with Gasteiger partial charge in [-0.2, -0.15) is 5.09 Å². The van der Waals surface area contributed by atoms with E-state index < -0.39 is 80.1 Å². The normalized spacial score (nSPS) is 19.4.